The predicted molar refractivity (Wildman–Crippen MR) is 109 cm³/mol. The molecule has 3 aromatic rings. The van der Waals surface area contributed by atoms with Gasteiger partial charge in [-0.15, -0.1) is 0 Å². The summed E-state index contributed by atoms with van der Waals surface area (Å²) in [4.78, 5) is 23.7. The van der Waals surface area contributed by atoms with Gasteiger partial charge in [-0.05, 0) is 38.3 Å². The third kappa shape index (κ3) is 3.99. The molecule has 7 nitrogen and oxygen atoms in total. The van der Waals surface area contributed by atoms with Gasteiger partial charge in [-0.3, -0.25) is 14.9 Å². The number of piperidine rings is 1. The van der Waals surface area contributed by atoms with Crippen LogP contribution >= 0.6 is 0 Å². The number of ether oxygens (including phenoxy) is 1. The van der Waals surface area contributed by atoms with Crippen LogP contribution in [0.4, 0.5) is 0 Å². The van der Waals surface area contributed by atoms with Crippen LogP contribution in [0.25, 0.3) is 0 Å². The van der Waals surface area contributed by atoms with Gasteiger partial charge in [-0.25, -0.2) is 4.98 Å². The molecule has 0 spiro atoms. The van der Waals surface area contributed by atoms with Crippen molar-refractivity contribution in [3.8, 4) is 11.6 Å². The van der Waals surface area contributed by atoms with E-state index in [1.165, 1.54) is 0 Å². The van der Waals surface area contributed by atoms with E-state index >= 15 is 0 Å². The number of para-hydroxylation sites is 1. The molecule has 2 aromatic heterocycles. The molecule has 0 radical (unpaired) electrons. The lowest BCUT2D eigenvalue weighted by atomic mass is 9.93. The number of hydrogen-bond donors (Lipinski definition) is 1. The summed E-state index contributed by atoms with van der Waals surface area (Å²) in [6.45, 7) is 5.34. The van der Waals surface area contributed by atoms with E-state index in [1.54, 1.807) is 12.4 Å². The zero-order valence-electron chi connectivity index (χ0n) is 16.8. The number of benzene rings is 1. The van der Waals surface area contributed by atoms with Gasteiger partial charge in [0.25, 0.3) is 5.91 Å². The molecule has 0 bridgehead atoms. The summed E-state index contributed by atoms with van der Waals surface area (Å²) in [6.07, 6.45) is 5.82. The van der Waals surface area contributed by atoms with E-state index in [2.05, 4.69) is 27.1 Å². The van der Waals surface area contributed by atoms with E-state index in [0.717, 1.165) is 42.0 Å². The summed E-state index contributed by atoms with van der Waals surface area (Å²) in [5, 5.41) is 7.22. The molecular formula is C22H25N5O2. The van der Waals surface area contributed by atoms with Gasteiger partial charge < -0.3 is 9.64 Å². The van der Waals surface area contributed by atoms with Gasteiger partial charge in [-0.2, -0.15) is 5.10 Å². The fourth-order valence-corrected chi connectivity index (χ4v) is 3.79. The highest BCUT2D eigenvalue weighted by atomic mass is 16.5. The smallest absolute Gasteiger partial charge is 0.274 e. The number of aromatic nitrogens is 4. The highest BCUT2D eigenvalue weighted by Crippen LogP contribution is 2.33. The molecule has 0 aliphatic carbocycles. The van der Waals surface area contributed by atoms with Crippen LogP contribution in [0.15, 0.2) is 42.7 Å². The summed E-state index contributed by atoms with van der Waals surface area (Å²) >= 11 is 0. The van der Waals surface area contributed by atoms with E-state index in [4.69, 9.17) is 4.74 Å². The van der Waals surface area contributed by atoms with Gasteiger partial charge in [0, 0.05) is 42.7 Å². The van der Waals surface area contributed by atoms with Crippen LogP contribution in [0.1, 0.15) is 53.1 Å². The first kappa shape index (κ1) is 19.1. The predicted octanol–water partition coefficient (Wildman–Crippen LogP) is 3.88. The van der Waals surface area contributed by atoms with E-state index in [-0.39, 0.29) is 11.8 Å². The van der Waals surface area contributed by atoms with Crippen LogP contribution < -0.4 is 4.74 Å². The molecule has 1 aliphatic rings. The first-order valence-corrected chi connectivity index (χ1v) is 10.0. The number of nitrogens with zero attached hydrogens (tertiary/aromatic N) is 4. The maximum absolute atomic E-state index is 12.9. The number of carbonyl (C=O) groups excluding carboxylic acids is 1. The van der Waals surface area contributed by atoms with Gasteiger partial charge in [-0.1, -0.05) is 25.1 Å². The first-order chi connectivity index (χ1) is 14.2. The summed E-state index contributed by atoms with van der Waals surface area (Å²) in [6, 6.07) is 9.60. The number of amides is 1. The molecule has 7 heteroatoms. The van der Waals surface area contributed by atoms with Gasteiger partial charge in [0.2, 0.25) is 5.88 Å². The van der Waals surface area contributed by atoms with E-state index in [0.29, 0.717) is 24.7 Å². The molecule has 3 heterocycles. The third-order valence-electron chi connectivity index (χ3n) is 5.48. The van der Waals surface area contributed by atoms with Crippen molar-refractivity contribution in [2.24, 2.45) is 0 Å². The Labute approximate surface area is 170 Å². The molecule has 1 aliphatic heterocycles. The SMILES string of the molecule is CCc1[nH]nc(C(=O)N2CCC(c3nccnc3Oc3ccccc3)CC2)c1C. The van der Waals surface area contributed by atoms with Crippen molar-refractivity contribution in [1.82, 2.24) is 25.1 Å². The average molecular weight is 391 g/mol. The average Bonchev–Trinajstić information content (AvgIpc) is 3.15. The third-order valence-corrected chi connectivity index (χ3v) is 5.48. The number of rotatable bonds is 5. The molecule has 1 saturated heterocycles. The topological polar surface area (TPSA) is 84.0 Å². The van der Waals surface area contributed by atoms with E-state index < -0.39 is 0 Å². The fraction of sp³-hybridized carbons (Fsp3) is 0.364. The van der Waals surface area contributed by atoms with Crippen LogP contribution in [0.5, 0.6) is 11.6 Å². The quantitative estimate of drug-likeness (QED) is 0.713. The summed E-state index contributed by atoms with van der Waals surface area (Å²) in [5.41, 5.74) is 3.36. The van der Waals surface area contributed by atoms with Crippen molar-refractivity contribution in [2.75, 3.05) is 13.1 Å². The highest BCUT2D eigenvalue weighted by Gasteiger charge is 2.29. The monoisotopic (exact) mass is 391 g/mol. The Hall–Kier alpha value is -3.22. The minimum absolute atomic E-state index is 0.00296. The Kier molecular flexibility index (Phi) is 5.55. The molecule has 1 amide bonds. The van der Waals surface area contributed by atoms with Gasteiger partial charge >= 0.3 is 0 Å². The zero-order chi connectivity index (χ0) is 20.2. The molecule has 29 heavy (non-hydrogen) atoms. The molecule has 150 valence electrons. The van der Waals surface area contributed by atoms with E-state index in [1.807, 2.05) is 42.2 Å². The van der Waals surface area contributed by atoms with Crippen molar-refractivity contribution >= 4 is 5.91 Å². The summed E-state index contributed by atoms with van der Waals surface area (Å²) in [7, 11) is 0. The number of likely N-dealkylation sites (tertiary alicyclic amines) is 1. The van der Waals surface area contributed by atoms with Crippen molar-refractivity contribution in [3.63, 3.8) is 0 Å². The number of carbonyl (C=O) groups is 1. The van der Waals surface area contributed by atoms with Gasteiger partial charge in [0.05, 0.1) is 0 Å². The zero-order valence-corrected chi connectivity index (χ0v) is 16.8. The minimum Gasteiger partial charge on any atom is -0.437 e. The molecule has 1 fully saturated rings. The van der Waals surface area contributed by atoms with Crippen LogP contribution in [0.3, 0.4) is 0 Å². The second kappa shape index (κ2) is 8.43. The Morgan fingerprint density at radius 3 is 2.59 bits per heavy atom. The Morgan fingerprint density at radius 1 is 1.17 bits per heavy atom. The maximum atomic E-state index is 12.9. The maximum Gasteiger partial charge on any atom is 0.274 e. The lowest BCUT2D eigenvalue weighted by Crippen LogP contribution is -2.38. The number of aryl methyl sites for hydroxylation is 1. The second-order valence-electron chi connectivity index (χ2n) is 7.26. The lowest BCUT2D eigenvalue weighted by Gasteiger charge is -2.31. The standard InChI is InChI=1S/C22H25N5O2/c1-3-18-15(2)19(26-25-18)22(28)27-13-9-16(10-14-27)20-21(24-12-11-23-20)29-17-7-5-4-6-8-17/h4-8,11-12,16H,3,9-10,13-14H2,1-2H3,(H,25,26). The van der Waals surface area contributed by atoms with Crippen molar-refractivity contribution < 1.29 is 9.53 Å². The van der Waals surface area contributed by atoms with Crippen LogP contribution in [0, 0.1) is 6.92 Å². The number of hydrogen-bond acceptors (Lipinski definition) is 5. The molecule has 0 saturated carbocycles. The Balaban J connectivity index is 1.45. The Bertz CT molecular complexity index is 978. The van der Waals surface area contributed by atoms with Crippen LogP contribution in [-0.4, -0.2) is 44.1 Å². The largest absolute Gasteiger partial charge is 0.437 e. The van der Waals surface area contributed by atoms with E-state index in [9.17, 15) is 4.79 Å². The summed E-state index contributed by atoms with van der Waals surface area (Å²) in [5.74, 6) is 1.48. The lowest BCUT2D eigenvalue weighted by molar-refractivity contribution is 0.0705. The molecule has 0 unspecified atom stereocenters. The number of nitrogens with one attached hydrogen (secondary N) is 1. The van der Waals surface area contributed by atoms with Crippen molar-refractivity contribution in [3.05, 3.63) is 65.4 Å². The van der Waals surface area contributed by atoms with Crippen LogP contribution in [0.2, 0.25) is 0 Å². The normalized spacial score (nSPS) is 14.8. The highest BCUT2D eigenvalue weighted by molar-refractivity contribution is 5.94. The molecular weight excluding hydrogens is 366 g/mol. The fourth-order valence-electron chi connectivity index (χ4n) is 3.79. The Morgan fingerprint density at radius 2 is 1.90 bits per heavy atom. The van der Waals surface area contributed by atoms with Crippen molar-refractivity contribution in [2.45, 2.75) is 39.0 Å². The molecule has 1 aromatic carbocycles. The second-order valence-corrected chi connectivity index (χ2v) is 7.26. The first-order valence-electron chi connectivity index (χ1n) is 10.0. The molecule has 1 N–H and O–H groups in total. The summed E-state index contributed by atoms with van der Waals surface area (Å²) < 4.78 is 5.97. The van der Waals surface area contributed by atoms with Crippen molar-refractivity contribution in [1.29, 1.82) is 0 Å². The van der Waals surface area contributed by atoms with Gasteiger partial charge in [0.1, 0.15) is 11.4 Å². The van der Waals surface area contributed by atoms with Crippen LogP contribution in [-0.2, 0) is 6.42 Å². The number of aromatic amines is 1. The molecule has 4 rings (SSSR count). The molecule has 0 atom stereocenters. The minimum atomic E-state index is -0.00296. The number of H-pyrrole nitrogens is 1. The van der Waals surface area contributed by atoms with Gasteiger partial charge in [0.15, 0.2) is 5.69 Å².